The van der Waals surface area contributed by atoms with Crippen LogP contribution in [0.2, 0.25) is 0 Å². The lowest BCUT2D eigenvalue weighted by Crippen LogP contribution is -2.25. The molecule has 1 N–H and O–H groups in total. The third-order valence-electron chi connectivity index (χ3n) is 2.36. The number of hydrogen-bond acceptors (Lipinski definition) is 3. The Labute approximate surface area is 71.0 Å². The predicted octanol–water partition coefficient (Wildman–Crippen LogP) is 1.20. The molecule has 1 atom stereocenters. The number of rotatable bonds is 1. The van der Waals surface area contributed by atoms with Gasteiger partial charge in [0.2, 0.25) is 0 Å². The first kappa shape index (κ1) is 7.83. The molecule has 1 aromatic rings. The maximum absolute atomic E-state index is 10.0. The lowest BCUT2D eigenvalue weighted by molar-refractivity contribution is 0.0222. The van der Waals surface area contributed by atoms with Gasteiger partial charge in [0.15, 0.2) is 0 Å². The van der Waals surface area contributed by atoms with Crippen LogP contribution in [0.4, 0.5) is 0 Å². The van der Waals surface area contributed by atoms with Crippen LogP contribution < -0.4 is 0 Å². The van der Waals surface area contributed by atoms with E-state index in [1.54, 1.807) is 12.5 Å². The van der Waals surface area contributed by atoms with E-state index in [0.29, 0.717) is 19.6 Å². The number of hydrogen-bond donors (Lipinski definition) is 1. The minimum absolute atomic E-state index is 0.382. The van der Waals surface area contributed by atoms with E-state index in [4.69, 9.17) is 9.15 Å². The van der Waals surface area contributed by atoms with Crippen molar-refractivity contribution in [2.45, 2.75) is 18.9 Å². The largest absolute Gasteiger partial charge is 0.472 e. The highest BCUT2D eigenvalue weighted by Gasteiger charge is 2.36. The molecule has 2 rings (SSSR count). The summed E-state index contributed by atoms with van der Waals surface area (Å²) in [5.41, 5.74) is 1.04. The van der Waals surface area contributed by atoms with Crippen LogP contribution in [0.3, 0.4) is 0 Å². The van der Waals surface area contributed by atoms with E-state index in [9.17, 15) is 5.11 Å². The molecule has 12 heavy (non-hydrogen) atoms. The van der Waals surface area contributed by atoms with Crippen LogP contribution in [0, 0.1) is 6.92 Å². The van der Waals surface area contributed by atoms with Crippen LogP contribution in [-0.4, -0.2) is 18.3 Å². The maximum atomic E-state index is 10.0. The van der Waals surface area contributed by atoms with E-state index in [2.05, 4.69) is 0 Å². The van der Waals surface area contributed by atoms with Crippen molar-refractivity contribution >= 4 is 0 Å². The molecule has 0 radical (unpaired) electrons. The van der Waals surface area contributed by atoms with E-state index < -0.39 is 5.60 Å². The average molecular weight is 168 g/mol. The molecule has 0 spiro atoms. The second-order valence-electron chi connectivity index (χ2n) is 3.30. The Kier molecular flexibility index (Phi) is 1.70. The van der Waals surface area contributed by atoms with Gasteiger partial charge in [0, 0.05) is 18.6 Å². The summed E-state index contributed by atoms with van der Waals surface area (Å²) in [7, 11) is 0. The zero-order valence-electron chi connectivity index (χ0n) is 7.04. The summed E-state index contributed by atoms with van der Waals surface area (Å²) in [4.78, 5) is 0. The summed E-state index contributed by atoms with van der Waals surface area (Å²) in [6.07, 6.45) is 3.91. The van der Waals surface area contributed by atoms with Crippen molar-refractivity contribution < 1.29 is 14.3 Å². The van der Waals surface area contributed by atoms with Crippen LogP contribution in [0.15, 0.2) is 16.9 Å². The van der Waals surface area contributed by atoms with Gasteiger partial charge < -0.3 is 14.3 Å². The van der Waals surface area contributed by atoms with Gasteiger partial charge in [-0.2, -0.15) is 0 Å². The highest BCUT2D eigenvalue weighted by molar-refractivity contribution is 5.27. The van der Waals surface area contributed by atoms with Gasteiger partial charge in [0.05, 0.1) is 19.1 Å². The van der Waals surface area contributed by atoms with E-state index in [1.165, 1.54) is 0 Å². The van der Waals surface area contributed by atoms with Crippen LogP contribution in [0.5, 0.6) is 0 Å². The van der Waals surface area contributed by atoms with Gasteiger partial charge in [0.1, 0.15) is 5.60 Å². The average Bonchev–Trinajstić information content (AvgIpc) is 2.59. The van der Waals surface area contributed by atoms with Crippen molar-refractivity contribution in [2.75, 3.05) is 13.2 Å². The fraction of sp³-hybridized carbons (Fsp3) is 0.556. The Hall–Kier alpha value is -0.800. The first-order valence-electron chi connectivity index (χ1n) is 4.06. The van der Waals surface area contributed by atoms with E-state index in [0.717, 1.165) is 11.1 Å². The molecule has 3 heteroatoms. The highest BCUT2D eigenvalue weighted by Crippen LogP contribution is 2.32. The van der Waals surface area contributed by atoms with Crippen LogP contribution in [0.25, 0.3) is 0 Å². The van der Waals surface area contributed by atoms with Crippen molar-refractivity contribution in [3.63, 3.8) is 0 Å². The molecule has 1 aliphatic rings. The Morgan fingerprint density at radius 3 is 2.83 bits per heavy atom. The monoisotopic (exact) mass is 168 g/mol. The summed E-state index contributed by atoms with van der Waals surface area (Å²) in [6, 6.07) is 0. The van der Waals surface area contributed by atoms with Gasteiger partial charge in [-0.1, -0.05) is 0 Å². The molecule has 1 saturated heterocycles. The fourth-order valence-electron chi connectivity index (χ4n) is 1.60. The zero-order chi connectivity index (χ0) is 8.60. The van der Waals surface area contributed by atoms with Gasteiger partial charge >= 0.3 is 0 Å². The number of aryl methyl sites for hydroxylation is 1. The Bertz CT molecular complexity index is 271. The maximum Gasteiger partial charge on any atom is 0.118 e. The second-order valence-corrected chi connectivity index (χ2v) is 3.30. The molecule has 1 unspecified atom stereocenters. The van der Waals surface area contributed by atoms with Gasteiger partial charge in [-0.15, -0.1) is 0 Å². The molecule has 0 aliphatic carbocycles. The minimum atomic E-state index is -0.808. The number of furan rings is 1. The molecular formula is C9H12O3. The molecule has 66 valence electrons. The van der Waals surface area contributed by atoms with E-state index >= 15 is 0 Å². The quantitative estimate of drug-likeness (QED) is 0.685. The standard InChI is InChI=1S/C9H12O3/c1-7-4-12-5-8(7)9(10)2-3-11-6-9/h4-5,10H,2-3,6H2,1H3. The minimum Gasteiger partial charge on any atom is -0.472 e. The Morgan fingerprint density at radius 2 is 2.33 bits per heavy atom. The molecule has 0 bridgehead atoms. The fourth-order valence-corrected chi connectivity index (χ4v) is 1.60. The van der Waals surface area contributed by atoms with Gasteiger partial charge in [0.25, 0.3) is 0 Å². The SMILES string of the molecule is Cc1cocc1C1(O)CCOC1. The molecule has 3 nitrogen and oxygen atoms in total. The molecule has 1 fully saturated rings. The lowest BCUT2D eigenvalue weighted by atomic mass is 9.93. The number of aliphatic hydroxyl groups is 1. The van der Waals surface area contributed by atoms with Crippen molar-refractivity contribution in [2.24, 2.45) is 0 Å². The van der Waals surface area contributed by atoms with Crippen LogP contribution in [0.1, 0.15) is 17.5 Å². The summed E-state index contributed by atoms with van der Waals surface area (Å²) in [6.45, 7) is 2.93. The first-order chi connectivity index (χ1) is 5.72. The molecule has 0 aromatic carbocycles. The highest BCUT2D eigenvalue weighted by atomic mass is 16.5. The van der Waals surface area contributed by atoms with Crippen molar-refractivity contribution in [3.05, 3.63) is 23.7 Å². The van der Waals surface area contributed by atoms with Crippen LogP contribution in [-0.2, 0) is 10.3 Å². The summed E-state index contributed by atoms with van der Waals surface area (Å²) >= 11 is 0. The summed E-state index contributed by atoms with van der Waals surface area (Å²) in [5.74, 6) is 0. The van der Waals surface area contributed by atoms with Crippen molar-refractivity contribution in [1.82, 2.24) is 0 Å². The van der Waals surface area contributed by atoms with Crippen LogP contribution >= 0.6 is 0 Å². The molecule has 1 aromatic heterocycles. The van der Waals surface area contributed by atoms with Gasteiger partial charge in [-0.05, 0) is 12.5 Å². The third kappa shape index (κ3) is 1.06. The Morgan fingerprint density at radius 1 is 1.50 bits per heavy atom. The normalized spacial score (nSPS) is 29.5. The van der Waals surface area contributed by atoms with Crippen molar-refractivity contribution in [3.8, 4) is 0 Å². The predicted molar refractivity (Wildman–Crippen MR) is 42.8 cm³/mol. The van der Waals surface area contributed by atoms with Gasteiger partial charge in [-0.3, -0.25) is 0 Å². The second kappa shape index (κ2) is 2.61. The lowest BCUT2D eigenvalue weighted by Gasteiger charge is -2.19. The molecular weight excluding hydrogens is 156 g/mol. The molecule has 0 saturated carbocycles. The topological polar surface area (TPSA) is 42.6 Å². The Balaban J connectivity index is 2.34. The molecule has 2 heterocycles. The molecule has 0 amide bonds. The molecule has 1 aliphatic heterocycles. The van der Waals surface area contributed by atoms with E-state index in [-0.39, 0.29) is 0 Å². The van der Waals surface area contributed by atoms with E-state index in [1.807, 2.05) is 6.92 Å². The summed E-state index contributed by atoms with van der Waals surface area (Å²) < 4.78 is 10.2. The smallest absolute Gasteiger partial charge is 0.118 e. The third-order valence-corrected chi connectivity index (χ3v) is 2.36. The van der Waals surface area contributed by atoms with Crippen molar-refractivity contribution in [1.29, 1.82) is 0 Å². The first-order valence-corrected chi connectivity index (χ1v) is 4.06. The number of ether oxygens (including phenoxy) is 1. The summed E-state index contributed by atoms with van der Waals surface area (Å²) in [5, 5.41) is 10.0. The van der Waals surface area contributed by atoms with Gasteiger partial charge in [-0.25, -0.2) is 0 Å². The zero-order valence-corrected chi connectivity index (χ0v) is 7.04.